The summed E-state index contributed by atoms with van der Waals surface area (Å²) in [5.74, 6) is 0.328. The van der Waals surface area contributed by atoms with Gasteiger partial charge in [0.25, 0.3) is 0 Å². The van der Waals surface area contributed by atoms with Gasteiger partial charge in [-0.2, -0.15) is 0 Å². The maximum Gasteiger partial charge on any atom is 0.238 e. The number of nitrogens with one attached hydrogen (secondary N) is 2. The first-order valence-electron chi connectivity index (χ1n) is 8.27. The Kier molecular flexibility index (Phi) is 9.62. The van der Waals surface area contributed by atoms with Gasteiger partial charge in [-0.15, -0.1) is 24.0 Å². The molecule has 0 aliphatic heterocycles. The van der Waals surface area contributed by atoms with Gasteiger partial charge in [0.2, 0.25) is 10.0 Å². The lowest BCUT2D eigenvalue weighted by Gasteiger charge is -2.18. The number of hydrogen-bond acceptors (Lipinski definition) is 4. The molecule has 10 heteroatoms. The van der Waals surface area contributed by atoms with Gasteiger partial charge >= 0.3 is 0 Å². The Morgan fingerprint density at radius 3 is 2.39 bits per heavy atom. The summed E-state index contributed by atoms with van der Waals surface area (Å²) in [7, 11) is -2.07. The van der Waals surface area contributed by atoms with Gasteiger partial charge in [0, 0.05) is 13.6 Å². The number of para-hydroxylation sites is 1. The van der Waals surface area contributed by atoms with E-state index in [1.807, 2.05) is 6.92 Å². The number of guanidine groups is 1. The Bertz CT molecular complexity index is 892. The van der Waals surface area contributed by atoms with Crippen molar-refractivity contribution in [1.82, 2.24) is 10.6 Å². The van der Waals surface area contributed by atoms with Gasteiger partial charge in [0.15, 0.2) is 17.5 Å². The van der Waals surface area contributed by atoms with Crippen LogP contribution in [-0.2, 0) is 16.6 Å². The zero-order valence-electron chi connectivity index (χ0n) is 15.6. The van der Waals surface area contributed by atoms with Crippen LogP contribution in [0.4, 0.5) is 4.39 Å². The number of ether oxygens (including phenoxy) is 1. The number of rotatable bonds is 7. The largest absolute Gasteiger partial charge is 0.486 e. The number of nitrogens with zero attached hydrogens (tertiary/aromatic N) is 1. The van der Waals surface area contributed by atoms with Crippen LogP contribution >= 0.6 is 24.0 Å². The molecular weight excluding hydrogens is 498 g/mol. The van der Waals surface area contributed by atoms with Crippen LogP contribution in [0.25, 0.3) is 0 Å². The summed E-state index contributed by atoms with van der Waals surface area (Å²) in [6.45, 7) is 2.67. The molecule has 28 heavy (non-hydrogen) atoms. The summed E-state index contributed by atoms with van der Waals surface area (Å²) in [6.07, 6.45) is -0.283. The lowest BCUT2D eigenvalue weighted by atomic mass is 10.2. The van der Waals surface area contributed by atoms with Crippen molar-refractivity contribution in [1.29, 1.82) is 0 Å². The van der Waals surface area contributed by atoms with E-state index >= 15 is 0 Å². The van der Waals surface area contributed by atoms with Gasteiger partial charge in [-0.1, -0.05) is 24.3 Å². The van der Waals surface area contributed by atoms with Crippen LogP contribution in [0.5, 0.6) is 5.75 Å². The van der Waals surface area contributed by atoms with Crippen LogP contribution in [0.1, 0.15) is 12.5 Å². The average molecular weight is 522 g/mol. The van der Waals surface area contributed by atoms with E-state index < -0.39 is 15.8 Å². The zero-order valence-corrected chi connectivity index (χ0v) is 18.7. The molecule has 0 aliphatic rings. The topological polar surface area (TPSA) is 106 Å². The smallest absolute Gasteiger partial charge is 0.238 e. The molecule has 0 heterocycles. The molecule has 0 amide bonds. The minimum Gasteiger partial charge on any atom is -0.486 e. The van der Waals surface area contributed by atoms with E-state index in [2.05, 4.69) is 15.6 Å². The number of aliphatic imine (C=N–C) groups is 1. The van der Waals surface area contributed by atoms with Gasteiger partial charge in [0.1, 0.15) is 6.10 Å². The summed E-state index contributed by atoms with van der Waals surface area (Å²) in [5.41, 5.74) is 0.862. The summed E-state index contributed by atoms with van der Waals surface area (Å²) >= 11 is 0. The standard InChI is InChI=1S/C18H23FN4O3S.HI/c1-13(26-17-6-4-3-5-16(17)19)11-22-18(21-2)23-12-14-7-9-15(10-8-14)27(20,24)25;/h3-10,13H,11-12H2,1-2H3,(H2,20,24,25)(H2,21,22,23);1H. The first-order valence-corrected chi connectivity index (χ1v) is 9.81. The first-order chi connectivity index (χ1) is 12.8. The van der Waals surface area contributed by atoms with E-state index in [1.165, 1.54) is 18.2 Å². The van der Waals surface area contributed by atoms with Gasteiger partial charge in [-0.3, -0.25) is 4.99 Å². The van der Waals surface area contributed by atoms with Gasteiger partial charge in [-0.25, -0.2) is 17.9 Å². The molecule has 0 saturated heterocycles. The molecule has 2 aromatic carbocycles. The first kappa shape index (κ1) is 24.1. The minimum atomic E-state index is -3.70. The van der Waals surface area contributed by atoms with Gasteiger partial charge in [0.05, 0.1) is 11.4 Å². The quantitative estimate of drug-likeness (QED) is 0.294. The van der Waals surface area contributed by atoms with Crippen molar-refractivity contribution in [2.45, 2.75) is 24.5 Å². The zero-order chi connectivity index (χ0) is 19.9. The molecular formula is C18H24FIN4O3S. The Morgan fingerprint density at radius 1 is 1.18 bits per heavy atom. The van der Waals surface area contributed by atoms with Crippen molar-refractivity contribution in [2.24, 2.45) is 10.1 Å². The molecule has 1 unspecified atom stereocenters. The van der Waals surface area contributed by atoms with Crippen LogP contribution in [-0.4, -0.2) is 34.1 Å². The molecule has 7 nitrogen and oxygen atoms in total. The fourth-order valence-electron chi connectivity index (χ4n) is 2.24. The van der Waals surface area contributed by atoms with Crippen molar-refractivity contribution >= 4 is 40.0 Å². The van der Waals surface area contributed by atoms with Crippen LogP contribution in [0.15, 0.2) is 58.4 Å². The molecule has 0 radical (unpaired) electrons. The molecule has 0 spiro atoms. The molecule has 0 aliphatic carbocycles. The Balaban J connectivity index is 0.00000392. The highest BCUT2D eigenvalue weighted by atomic mass is 127. The summed E-state index contributed by atoms with van der Waals surface area (Å²) < 4.78 is 41.7. The van der Waals surface area contributed by atoms with Crippen molar-refractivity contribution in [3.8, 4) is 5.75 Å². The summed E-state index contributed by atoms with van der Waals surface area (Å²) in [5, 5.41) is 11.3. The SMILES string of the molecule is CN=C(NCc1ccc(S(N)(=O)=O)cc1)NCC(C)Oc1ccccc1F.I. The lowest BCUT2D eigenvalue weighted by Crippen LogP contribution is -2.41. The maximum absolute atomic E-state index is 13.6. The van der Waals surface area contributed by atoms with Crippen LogP contribution < -0.4 is 20.5 Å². The van der Waals surface area contributed by atoms with Crippen LogP contribution in [0.3, 0.4) is 0 Å². The van der Waals surface area contributed by atoms with Crippen LogP contribution in [0, 0.1) is 5.82 Å². The van der Waals surface area contributed by atoms with E-state index in [-0.39, 0.29) is 40.7 Å². The third-order valence-corrected chi connectivity index (χ3v) is 4.59. The molecule has 1 atom stereocenters. The van der Waals surface area contributed by atoms with Gasteiger partial charge in [-0.05, 0) is 36.8 Å². The highest BCUT2D eigenvalue weighted by molar-refractivity contribution is 14.0. The fourth-order valence-corrected chi connectivity index (χ4v) is 2.76. The van der Waals surface area contributed by atoms with E-state index in [0.717, 1.165) is 5.56 Å². The number of benzene rings is 2. The number of halogens is 2. The molecule has 0 fully saturated rings. The third kappa shape index (κ3) is 7.60. The van der Waals surface area contributed by atoms with Crippen molar-refractivity contribution in [3.63, 3.8) is 0 Å². The highest BCUT2D eigenvalue weighted by Crippen LogP contribution is 2.16. The molecule has 0 bridgehead atoms. The fraction of sp³-hybridized carbons (Fsp3) is 0.278. The number of hydrogen-bond donors (Lipinski definition) is 3. The van der Waals surface area contributed by atoms with E-state index in [4.69, 9.17) is 9.88 Å². The van der Waals surface area contributed by atoms with E-state index in [1.54, 1.807) is 37.4 Å². The Morgan fingerprint density at radius 2 is 1.82 bits per heavy atom. The normalized spacial score (nSPS) is 12.6. The second-order valence-corrected chi connectivity index (χ2v) is 7.42. The minimum absolute atomic E-state index is 0. The molecule has 0 saturated carbocycles. The average Bonchev–Trinajstić information content (AvgIpc) is 2.63. The second kappa shape index (κ2) is 11.2. The number of nitrogens with two attached hydrogens (primary N) is 1. The third-order valence-electron chi connectivity index (χ3n) is 3.66. The van der Waals surface area contributed by atoms with Gasteiger partial charge < -0.3 is 15.4 Å². The maximum atomic E-state index is 13.6. The van der Waals surface area contributed by atoms with E-state index in [9.17, 15) is 12.8 Å². The Hall–Kier alpha value is -1.92. The van der Waals surface area contributed by atoms with Crippen molar-refractivity contribution in [3.05, 3.63) is 59.9 Å². The predicted molar refractivity (Wildman–Crippen MR) is 118 cm³/mol. The van der Waals surface area contributed by atoms with Crippen LogP contribution in [0.2, 0.25) is 0 Å². The van der Waals surface area contributed by atoms with Crippen molar-refractivity contribution < 1.29 is 17.5 Å². The highest BCUT2D eigenvalue weighted by Gasteiger charge is 2.09. The second-order valence-electron chi connectivity index (χ2n) is 5.85. The summed E-state index contributed by atoms with van der Waals surface area (Å²) in [4.78, 5) is 4.17. The lowest BCUT2D eigenvalue weighted by molar-refractivity contribution is 0.214. The predicted octanol–water partition coefficient (Wildman–Crippen LogP) is 2.22. The molecule has 2 aromatic rings. The number of sulfonamides is 1. The monoisotopic (exact) mass is 522 g/mol. The molecule has 0 aromatic heterocycles. The molecule has 154 valence electrons. The van der Waals surface area contributed by atoms with E-state index in [0.29, 0.717) is 19.0 Å². The molecule has 4 N–H and O–H groups in total. The summed E-state index contributed by atoms with van der Waals surface area (Å²) in [6, 6.07) is 12.5. The number of primary sulfonamides is 1. The molecule has 2 rings (SSSR count). The van der Waals surface area contributed by atoms with Crippen molar-refractivity contribution in [2.75, 3.05) is 13.6 Å². The Labute approximate surface area is 181 Å².